The van der Waals surface area contributed by atoms with Crippen LogP contribution in [0.1, 0.15) is 27.9 Å². The lowest BCUT2D eigenvalue weighted by atomic mass is 10.0. The van der Waals surface area contributed by atoms with Crippen molar-refractivity contribution in [2.75, 3.05) is 57.9 Å². The first-order chi connectivity index (χ1) is 25.8. The molecule has 3 amide bonds. The summed E-state index contributed by atoms with van der Waals surface area (Å²) in [6, 6.07) is 23.5. The van der Waals surface area contributed by atoms with Crippen LogP contribution in [0, 0.1) is 0 Å². The molecule has 2 fully saturated rings. The van der Waals surface area contributed by atoms with Crippen LogP contribution < -0.4 is 15.0 Å². The van der Waals surface area contributed by atoms with Gasteiger partial charge in [0.25, 0.3) is 5.91 Å². The van der Waals surface area contributed by atoms with Crippen LogP contribution in [0.5, 0.6) is 11.5 Å². The molecular weight excluding hydrogens is 695 g/mol. The van der Waals surface area contributed by atoms with E-state index < -0.39 is 12.0 Å². The topological polar surface area (TPSA) is 140 Å². The van der Waals surface area contributed by atoms with Gasteiger partial charge in [0.05, 0.1) is 31.4 Å². The van der Waals surface area contributed by atoms with E-state index in [1.165, 1.54) is 18.4 Å². The third-order valence-electron chi connectivity index (χ3n) is 9.55. The van der Waals surface area contributed by atoms with E-state index in [0.29, 0.717) is 67.7 Å². The molecule has 0 radical (unpaired) electrons. The standard InChI is InChI=1S/C39H41N7O6S/c1-26-34(38(49)51-2)33(42-35(41-26)36-40-16-21-53-36)25-43-17-18-45-30(23-43)24-46(39(45)50)29-10-14-32(15-11-29)52-31-12-8-28(9-13-31)37(48)44(19-20-47)22-27-6-4-3-5-7-27/h3-16,21,26,30,47H,17-20,22-25H2,1-2H3,(H,41,42)/t26-,30-/m0/s1. The number of methoxy groups -OCH3 is 1. The van der Waals surface area contributed by atoms with Crippen molar-refractivity contribution in [3.05, 3.63) is 118 Å². The molecule has 4 heterocycles. The maximum absolute atomic E-state index is 13.5. The highest BCUT2D eigenvalue weighted by Gasteiger charge is 2.42. The van der Waals surface area contributed by atoms with Crippen LogP contribution in [-0.4, -0.2) is 114 Å². The van der Waals surface area contributed by atoms with Crippen LogP contribution >= 0.6 is 11.3 Å². The molecule has 2 N–H and O–H groups in total. The highest BCUT2D eigenvalue weighted by atomic mass is 32.1. The molecule has 0 unspecified atom stereocenters. The quantitative estimate of drug-likeness (QED) is 0.203. The number of aliphatic hydroxyl groups is 1. The summed E-state index contributed by atoms with van der Waals surface area (Å²) in [6.07, 6.45) is 1.73. The molecule has 14 heteroatoms. The van der Waals surface area contributed by atoms with E-state index >= 15 is 0 Å². The number of nitrogens with zero attached hydrogens (tertiary/aromatic N) is 6. The Morgan fingerprint density at radius 3 is 2.42 bits per heavy atom. The first-order valence-corrected chi connectivity index (χ1v) is 18.4. The molecule has 4 aromatic rings. The molecule has 3 aliphatic rings. The van der Waals surface area contributed by atoms with E-state index in [4.69, 9.17) is 9.47 Å². The van der Waals surface area contributed by atoms with Gasteiger partial charge in [-0.2, -0.15) is 0 Å². The van der Waals surface area contributed by atoms with Gasteiger partial charge in [0, 0.05) is 74.3 Å². The summed E-state index contributed by atoms with van der Waals surface area (Å²) in [5.41, 5.74) is 3.49. The van der Waals surface area contributed by atoms with Crippen LogP contribution in [0.3, 0.4) is 0 Å². The SMILES string of the molecule is COC(=O)C1=C(CN2CCN3C(=O)N(c4ccc(Oc5ccc(C(=O)N(CCO)Cc6ccccc6)cc5)cc4)C[C@@H]3C2)NC(c2nccs2)=N[C@H]1C. The van der Waals surface area contributed by atoms with Crippen LogP contribution in [0.4, 0.5) is 10.5 Å². The molecule has 0 bridgehead atoms. The molecule has 3 aliphatic heterocycles. The summed E-state index contributed by atoms with van der Waals surface area (Å²) in [7, 11) is 1.37. The predicted molar refractivity (Wildman–Crippen MR) is 201 cm³/mol. The number of hydrogen-bond acceptors (Lipinski definition) is 11. The van der Waals surface area contributed by atoms with Gasteiger partial charge in [-0.3, -0.25) is 19.6 Å². The van der Waals surface area contributed by atoms with Crippen molar-refractivity contribution >= 4 is 40.8 Å². The summed E-state index contributed by atoms with van der Waals surface area (Å²) in [5, 5.41) is 15.5. The van der Waals surface area contributed by atoms with Crippen molar-refractivity contribution in [1.29, 1.82) is 0 Å². The van der Waals surface area contributed by atoms with E-state index in [1.807, 2.05) is 71.8 Å². The molecule has 13 nitrogen and oxygen atoms in total. The molecular formula is C39H41N7O6S. The Bertz CT molecular complexity index is 1990. The summed E-state index contributed by atoms with van der Waals surface area (Å²) >= 11 is 1.48. The van der Waals surface area contributed by atoms with Crippen molar-refractivity contribution < 1.29 is 29.0 Å². The zero-order chi connectivity index (χ0) is 36.9. The van der Waals surface area contributed by atoms with Crippen molar-refractivity contribution in [3.63, 3.8) is 0 Å². The number of hydrogen-bond donors (Lipinski definition) is 2. The number of nitrogens with one attached hydrogen (secondary N) is 1. The minimum absolute atomic E-state index is 0.0234. The number of rotatable bonds is 12. The highest BCUT2D eigenvalue weighted by Crippen LogP contribution is 2.30. The Kier molecular flexibility index (Phi) is 10.8. The van der Waals surface area contributed by atoms with Crippen LogP contribution in [0.25, 0.3) is 0 Å². The number of esters is 1. The van der Waals surface area contributed by atoms with Crippen LogP contribution in [0.15, 0.2) is 107 Å². The van der Waals surface area contributed by atoms with Gasteiger partial charge in [-0.15, -0.1) is 11.3 Å². The van der Waals surface area contributed by atoms with Gasteiger partial charge >= 0.3 is 12.0 Å². The number of carbonyl (C=O) groups excluding carboxylic acids is 3. The number of anilines is 1. The second-order valence-electron chi connectivity index (χ2n) is 13.0. The fourth-order valence-corrected chi connectivity index (χ4v) is 7.53. The molecule has 0 spiro atoms. The molecule has 1 aromatic heterocycles. The summed E-state index contributed by atoms with van der Waals surface area (Å²) in [6.45, 7) is 5.24. The van der Waals surface area contributed by atoms with E-state index in [2.05, 4.69) is 20.2 Å². The number of fused-ring (bicyclic) bond motifs is 1. The first-order valence-electron chi connectivity index (χ1n) is 17.5. The molecule has 7 rings (SSSR count). The first kappa shape index (κ1) is 35.8. The lowest BCUT2D eigenvalue weighted by Crippen LogP contribution is -2.53. The Labute approximate surface area is 311 Å². The van der Waals surface area contributed by atoms with Crippen molar-refractivity contribution in [1.82, 2.24) is 25.0 Å². The number of benzene rings is 3. The number of urea groups is 1. The number of ether oxygens (including phenoxy) is 2. The van der Waals surface area contributed by atoms with Gasteiger partial charge in [-0.25, -0.2) is 14.6 Å². The number of aliphatic imine (C=N–C) groups is 1. The number of carbonyl (C=O) groups is 3. The largest absolute Gasteiger partial charge is 0.466 e. The number of aromatic nitrogens is 1. The van der Waals surface area contributed by atoms with Crippen molar-refractivity contribution in [3.8, 4) is 11.5 Å². The van der Waals surface area contributed by atoms with E-state index in [9.17, 15) is 19.5 Å². The Balaban J connectivity index is 0.964. The average Bonchev–Trinajstić information content (AvgIpc) is 3.84. The van der Waals surface area contributed by atoms with E-state index in [0.717, 1.165) is 22.0 Å². The van der Waals surface area contributed by atoms with Crippen LogP contribution in [0.2, 0.25) is 0 Å². The second kappa shape index (κ2) is 16.0. The van der Waals surface area contributed by atoms with Gasteiger partial charge in [0.2, 0.25) is 0 Å². The zero-order valence-electron chi connectivity index (χ0n) is 29.6. The fourth-order valence-electron chi connectivity index (χ4n) is 6.94. The lowest BCUT2D eigenvalue weighted by Gasteiger charge is -2.37. The van der Waals surface area contributed by atoms with Gasteiger partial charge in [-0.05, 0) is 61.0 Å². The minimum Gasteiger partial charge on any atom is -0.466 e. The van der Waals surface area contributed by atoms with Crippen LogP contribution in [-0.2, 0) is 16.1 Å². The van der Waals surface area contributed by atoms with E-state index in [1.54, 1.807) is 40.3 Å². The fraction of sp³-hybridized carbons (Fsp3) is 0.308. The Hall–Kier alpha value is -5.57. The molecule has 274 valence electrons. The summed E-state index contributed by atoms with van der Waals surface area (Å²) in [4.78, 5) is 56.2. The molecule has 0 aliphatic carbocycles. The van der Waals surface area contributed by atoms with Gasteiger partial charge in [0.15, 0.2) is 10.8 Å². The number of amidine groups is 1. The van der Waals surface area contributed by atoms with E-state index in [-0.39, 0.29) is 31.1 Å². The van der Waals surface area contributed by atoms with Gasteiger partial charge in [0.1, 0.15) is 11.5 Å². The number of thiazole rings is 1. The smallest absolute Gasteiger partial charge is 0.337 e. The Morgan fingerprint density at radius 1 is 1.00 bits per heavy atom. The maximum Gasteiger partial charge on any atom is 0.337 e. The molecule has 53 heavy (non-hydrogen) atoms. The zero-order valence-corrected chi connectivity index (χ0v) is 30.4. The normalized spacial score (nSPS) is 18.7. The maximum atomic E-state index is 13.5. The molecule has 2 saturated heterocycles. The highest BCUT2D eigenvalue weighted by molar-refractivity contribution is 7.11. The lowest BCUT2D eigenvalue weighted by molar-refractivity contribution is -0.136. The van der Waals surface area contributed by atoms with Crippen molar-refractivity contribution in [2.24, 2.45) is 4.99 Å². The third-order valence-corrected chi connectivity index (χ3v) is 10.3. The predicted octanol–water partition coefficient (Wildman–Crippen LogP) is 4.36. The summed E-state index contributed by atoms with van der Waals surface area (Å²) in [5.74, 6) is 1.21. The molecule has 2 atom stereocenters. The summed E-state index contributed by atoms with van der Waals surface area (Å²) < 4.78 is 11.2. The average molecular weight is 736 g/mol. The monoisotopic (exact) mass is 735 g/mol. The minimum atomic E-state index is -0.414. The molecule has 0 saturated carbocycles. The second-order valence-corrected chi connectivity index (χ2v) is 13.9. The third kappa shape index (κ3) is 7.94. The number of piperazine rings is 1. The van der Waals surface area contributed by atoms with Gasteiger partial charge in [-0.1, -0.05) is 30.3 Å². The molecule has 3 aromatic carbocycles. The van der Waals surface area contributed by atoms with Gasteiger partial charge < -0.3 is 29.7 Å². The number of aliphatic hydroxyl groups excluding tert-OH is 1. The van der Waals surface area contributed by atoms with Crippen molar-refractivity contribution in [2.45, 2.75) is 25.6 Å². The Morgan fingerprint density at radius 2 is 1.74 bits per heavy atom. The number of amides is 3.